The van der Waals surface area contributed by atoms with E-state index in [1.165, 1.54) is 11.9 Å². The molecule has 1 fully saturated rings. The van der Waals surface area contributed by atoms with Crippen molar-refractivity contribution in [3.05, 3.63) is 46.3 Å². The van der Waals surface area contributed by atoms with E-state index in [9.17, 15) is 14.9 Å². The summed E-state index contributed by atoms with van der Waals surface area (Å²) >= 11 is 0. The van der Waals surface area contributed by atoms with Gasteiger partial charge in [-0.2, -0.15) is 0 Å². The molecular weight excluding hydrogens is 374 g/mol. The first-order chi connectivity index (χ1) is 14.0. The van der Waals surface area contributed by atoms with E-state index >= 15 is 0 Å². The number of nitrogens with one attached hydrogen (secondary N) is 1. The monoisotopic (exact) mass is 399 g/mol. The molecule has 0 bridgehead atoms. The second-order valence-corrected chi connectivity index (χ2v) is 6.86. The minimum atomic E-state index is -0.480. The van der Waals surface area contributed by atoms with Crippen LogP contribution in [0.25, 0.3) is 0 Å². The summed E-state index contributed by atoms with van der Waals surface area (Å²) in [5, 5.41) is 14.9. The molecule has 1 aliphatic rings. The normalized spacial score (nSPS) is 16.3. The summed E-state index contributed by atoms with van der Waals surface area (Å²) in [6.07, 6.45) is 3.64. The molecule has 1 saturated heterocycles. The number of piperidine rings is 1. The zero-order valence-corrected chi connectivity index (χ0v) is 16.6. The number of ether oxygens (including phenoxy) is 1. The van der Waals surface area contributed by atoms with E-state index in [0.717, 1.165) is 12.8 Å². The fourth-order valence-electron chi connectivity index (χ4n) is 3.44. The van der Waals surface area contributed by atoms with E-state index < -0.39 is 4.92 Å². The minimum Gasteiger partial charge on any atom is -0.466 e. The molecule has 1 unspecified atom stereocenters. The molecule has 0 saturated carbocycles. The van der Waals surface area contributed by atoms with Gasteiger partial charge in [-0.05, 0) is 43.9 Å². The Morgan fingerprint density at radius 1 is 1.31 bits per heavy atom. The largest absolute Gasteiger partial charge is 0.466 e. The molecule has 1 N–H and O–H groups in total. The molecule has 29 heavy (non-hydrogen) atoms. The van der Waals surface area contributed by atoms with E-state index in [4.69, 9.17) is 4.74 Å². The van der Waals surface area contributed by atoms with Gasteiger partial charge in [-0.25, -0.2) is 9.97 Å². The third-order valence-corrected chi connectivity index (χ3v) is 4.95. The van der Waals surface area contributed by atoms with Crippen LogP contribution in [-0.4, -0.2) is 40.6 Å². The van der Waals surface area contributed by atoms with E-state index in [2.05, 4.69) is 22.2 Å². The van der Waals surface area contributed by atoms with Crippen LogP contribution in [0.15, 0.2) is 30.6 Å². The number of aryl methyl sites for hydroxylation is 1. The van der Waals surface area contributed by atoms with Crippen LogP contribution in [0.4, 0.5) is 23.0 Å². The number of nitro groups is 1. The maximum Gasteiger partial charge on any atom is 0.353 e. The fourth-order valence-corrected chi connectivity index (χ4v) is 3.44. The Labute approximate surface area is 169 Å². The zero-order valence-electron chi connectivity index (χ0n) is 16.6. The zero-order chi connectivity index (χ0) is 20.8. The summed E-state index contributed by atoms with van der Waals surface area (Å²) in [6.45, 7) is 5.05. The van der Waals surface area contributed by atoms with Crippen molar-refractivity contribution < 1.29 is 14.5 Å². The predicted molar refractivity (Wildman–Crippen MR) is 109 cm³/mol. The molecule has 9 heteroatoms. The average Bonchev–Trinajstić information content (AvgIpc) is 2.74. The minimum absolute atomic E-state index is 0.127. The summed E-state index contributed by atoms with van der Waals surface area (Å²) in [4.78, 5) is 33.6. The van der Waals surface area contributed by atoms with Crippen LogP contribution in [0, 0.1) is 16.0 Å². The van der Waals surface area contributed by atoms with Crippen molar-refractivity contribution in [1.29, 1.82) is 0 Å². The van der Waals surface area contributed by atoms with Gasteiger partial charge in [0.15, 0.2) is 0 Å². The maximum absolute atomic E-state index is 12.1. The number of benzene rings is 1. The van der Waals surface area contributed by atoms with Crippen molar-refractivity contribution in [2.24, 2.45) is 5.92 Å². The van der Waals surface area contributed by atoms with E-state index in [1.807, 2.05) is 24.3 Å². The van der Waals surface area contributed by atoms with Crippen molar-refractivity contribution in [3.8, 4) is 0 Å². The van der Waals surface area contributed by atoms with Crippen molar-refractivity contribution in [2.75, 3.05) is 29.9 Å². The summed E-state index contributed by atoms with van der Waals surface area (Å²) < 4.78 is 5.12. The highest BCUT2D eigenvalue weighted by Gasteiger charge is 2.33. The maximum atomic E-state index is 12.1. The van der Waals surface area contributed by atoms with Crippen molar-refractivity contribution in [2.45, 2.75) is 33.1 Å². The molecule has 9 nitrogen and oxygen atoms in total. The van der Waals surface area contributed by atoms with Crippen molar-refractivity contribution in [1.82, 2.24) is 9.97 Å². The highest BCUT2D eigenvalue weighted by Crippen LogP contribution is 2.35. The van der Waals surface area contributed by atoms with E-state index in [0.29, 0.717) is 31.8 Å². The van der Waals surface area contributed by atoms with Crippen LogP contribution < -0.4 is 10.2 Å². The summed E-state index contributed by atoms with van der Waals surface area (Å²) in [5.74, 6) is -0.256. The first-order valence-electron chi connectivity index (χ1n) is 9.80. The second-order valence-electron chi connectivity index (χ2n) is 6.86. The Morgan fingerprint density at radius 2 is 2.07 bits per heavy atom. The molecule has 1 aromatic heterocycles. The van der Waals surface area contributed by atoms with Gasteiger partial charge in [-0.15, -0.1) is 0 Å². The molecular formula is C20H25N5O4. The topological polar surface area (TPSA) is 110 Å². The first-order valence-corrected chi connectivity index (χ1v) is 9.80. The number of hydrogen-bond donors (Lipinski definition) is 1. The van der Waals surface area contributed by atoms with Gasteiger partial charge in [-0.1, -0.05) is 19.1 Å². The van der Waals surface area contributed by atoms with E-state index in [1.54, 1.807) is 11.8 Å². The lowest BCUT2D eigenvalue weighted by atomic mass is 9.98. The third kappa shape index (κ3) is 4.79. The molecule has 1 aliphatic heterocycles. The van der Waals surface area contributed by atoms with Crippen molar-refractivity contribution in [3.63, 3.8) is 0 Å². The molecule has 0 amide bonds. The number of hydrogen-bond acceptors (Lipinski definition) is 8. The van der Waals surface area contributed by atoms with Crippen LogP contribution in [0.5, 0.6) is 0 Å². The third-order valence-electron chi connectivity index (χ3n) is 4.95. The van der Waals surface area contributed by atoms with E-state index in [-0.39, 0.29) is 29.2 Å². The number of carbonyl (C=O) groups excluding carboxylic acids is 1. The van der Waals surface area contributed by atoms with Gasteiger partial charge >= 0.3 is 11.7 Å². The van der Waals surface area contributed by atoms with Crippen LogP contribution in [0.2, 0.25) is 0 Å². The quantitative estimate of drug-likeness (QED) is 0.428. The molecule has 1 aromatic carbocycles. The lowest BCUT2D eigenvalue weighted by Gasteiger charge is -2.32. The first kappa shape index (κ1) is 20.5. The highest BCUT2D eigenvalue weighted by atomic mass is 16.6. The molecule has 154 valence electrons. The predicted octanol–water partition coefficient (Wildman–Crippen LogP) is 3.47. The number of aromatic nitrogens is 2. The van der Waals surface area contributed by atoms with Gasteiger partial charge in [-0.3, -0.25) is 14.9 Å². The van der Waals surface area contributed by atoms with Gasteiger partial charge < -0.3 is 15.0 Å². The lowest BCUT2D eigenvalue weighted by Crippen LogP contribution is -2.40. The molecule has 0 aliphatic carbocycles. The Morgan fingerprint density at radius 3 is 2.72 bits per heavy atom. The van der Waals surface area contributed by atoms with Gasteiger partial charge in [0, 0.05) is 18.8 Å². The summed E-state index contributed by atoms with van der Waals surface area (Å²) in [7, 11) is 0. The molecule has 0 spiro atoms. The number of carbonyl (C=O) groups is 1. The number of rotatable bonds is 7. The smallest absolute Gasteiger partial charge is 0.353 e. The van der Waals surface area contributed by atoms with Crippen molar-refractivity contribution >= 4 is 29.0 Å². The standard InChI is InChI=1S/C20H25N5O4/c1-3-14-7-9-16(10-8-14)23-18-17(25(27)28)19(22-13-21-18)24-11-5-6-15(12-24)20(26)29-4-2/h7-10,13,15H,3-6,11-12H2,1-2H3,(H,21,22,23). The summed E-state index contributed by atoms with van der Waals surface area (Å²) in [6, 6.07) is 7.65. The Balaban J connectivity index is 1.88. The van der Waals surface area contributed by atoms with Gasteiger partial charge in [0.1, 0.15) is 6.33 Å². The Kier molecular flexibility index (Phi) is 6.58. The fraction of sp³-hybridized carbons (Fsp3) is 0.450. The number of nitrogens with zero attached hydrogens (tertiary/aromatic N) is 4. The van der Waals surface area contributed by atoms with Crippen LogP contribution in [0.3, 0.4) is 0 Å². The van der Waals surface area contributed by atoms with Crippen LogP contribution in [0.1, 0.15) is 32.3 Å². The van der Waals surface area contributed by atoms with Gasteiger partial charge in [0.05, 0.1) is 17.4 Å². The SMILES string of the molecule is CCOC(=O)C1CCCN(c2ncnc(Nc3ccc(CC)cc3)c2[N+](=O)[O-])C1. The number of esters is 1. The van der Waals surface area contributed by atoms with Gasteiger partial charge in [0.25, 0.3) is 0 Å². The molecule has 2 heterocycles. The molecule has 3 rings (SSSR count). The van der Waals surface area contributed by atoms with Crippen LogP contribution in [-0.2, 0) is 16.0 Å². The lowest BCUT2D eigenvalue weighted by molar-refractivity contribution is -0.383. The summed E-state index contributed by atoms with van der Waals surface area (Å²) in [5.41, 5.74) is 1.68. The molecule has 0 radical (unpaired) electrons. The molecule has 1 atom stereocenters. The Hall–Kier alpha value is -3.23. The second kappa shape index (κ2) is 9.31. The highest BCUT2D eigenvalue weighted by molar-refractivity contribution is 5.77. The van der Waals surface area contributed by atoms with Gasteiger partial charge in [0.2, 0.25) is 11.6 Å². The number of anilines is 3. The Bertz CT molecular complexity index is 872. The average molecular weight is 399 g/mol. The van der Waals surface area contributed by atoms with Crippen LogP contribution >= 0.6 is 0 Å². The molecule has 2 aromatic rings.